The minimum atomic E-state index is -0.812. The summed E-state index contributed by atoms with van der Waals surface area (Å²) in [5.41, 5.74) is -0.673. The van der Waals surface area contributed by atoms with Gasteiger partial charge in [0.15, 0.2) is 0 Å². The fraction of sp³-hybridized carbons (Fsp3) is 0.333. The molecule has 0 spiro atoms. The minimum absolute atomic E-state index is 0.0122. The number of nitro groups is 1. The summed E-state index contributed by atoms with van der Waals surface area (Å²) in [6, 6.07) is 2.87. The zero-order valence-corrected chi connectivity index (χ0v) is 11.3. The molecular weight excluding hydrogens is 291 g/mol. The smallest absolute Gasteiger partial charge is 0.271 e. The zero-order chi connectivity index (χ0) is 15.6. The van der Waals surface area contributed by atoms with E-state index < -0.39 is 34.4 Å². The average Bonchev–Trinajstić information content (AvgIpc) is 3.14. The van der Waals surface area contributed by atoms with Crippen LogP contribution in [0.4, 0.5) is 15.8 Å². The molecule has 1 heterocycles. The van der Waals surface area contributed by atoms with Crippen molar-refractivity contribution in [2.75, 3.05) is 4.90 Å². The molecule has 22 heavy (non-hydrogen) atoms. The first-order chi connectivity index (χ1) is 10.5. The van der Waals surface area contributed by atoms with Crippen molar-refractivity contribution in [3.05, 3.63) is 46.3 Å². The molecule has 1 aliphatic heterocycles. The summed E-state index contributed by atoms with van der Waals surface area (Å²) in [4.78, 5) is 36.1. The molecule has 1 saturated heterocycles. The van der Waals surface area contributed by atoms with Gasteiger partial charge in [0.1, 0.15) is 5.82 Å². The van der Waals surface area contributed by atoms with Gasteiger partial charge in [-0.1, -0.05) is 12.2 Å². The van der Waals surface area contributed by atoms with Crippen molar-refractivity contribution in [1.82, 2.24) is 0 Å². The van der Waals surface area contributed by atoms with E-state index in [0.29, 0.717) is 0 Å². The summed E-state index contributed by atoms with van der Waals surface area (Å²) >= 11 is 0. The summed E-state index contributed by atoms with van der Waals surface area (Å²) in [6.07, 6.45) is 4.65. The van der Waals surface area contributed by atoms with Gasteiger partial charge in [-0.05, 0) is 24.3 Å². The van der Waals surface area contributed by atoms with Gasteiger partial charge >= 0.3 is 0 Å². The molecule has 2 bridgehead atoms. The van der Waals surface area contributed by atoms with Gasteiger partial charge in [-0.25, -0.2) is 9.29 Å². The molecule has 4 atom stereocenters. The highest BCUT2D eigenvalue weighted by atomic mass is 19.1. The van der Waals surface area contributed by atoms with Gasteiger partial charge < -0.3 is 0 Å². The SMILES string of the molecule is O=C1[C@@H]2[C@H](C(=O)N1c1cc([N+](=O)[O-])ccc1F)[C@H]1C=C[C@H]2C1. The Morgan fingerprint density at radius 1 is 1.14 bits per heavy atom. The number of imide groups is 1. The van der Waals surface area contributed by atoms with Crippen molar-refractivity contribution in [1.29, 1.82) is 0 Å². The van der Waals surface area contributed by atoms with E-state index in [1.807, 2.05) is 12.2 Å². The summed E-state index contributed by atoms with van der Waals surface area (Å²) in [7, 11) is 0. The lowest BCUT2D eigenvalue weighted by Crippen LogP contribution is -2.33. The van der Waals surface area contributed by atoms with Crippen molar-refractivity contribution >= 4 is 23.2 Å². The Labute approximate surface area is 124 Å². The van der Waals surface area contributed by atoms with Crippen molar-refractivity contribution in [3.63, 3.8) is 0 Å². The molecule has 2 fully saturated rings. The Morgan fingerprint density at radius 3 is 2.27 bits per heavy atom. The van der Waals surface area contributed by atoms with Crippen molar-refractivity contribution in [2.24, 2.45) is 23.7 Å². The van der Waals surface area contributed by atoms with Gasteiger partial charge in [-0.15, -0.1) is 0 Å². The van der Waals surface area contributed by atoms with Crippen LogP contribution in [0.1, 0.15) is 6.42 Å². The average molecular weight is 302 g/mol. The highest BCUT2D eigenvalue weighted by molar-refractivity contribution is 6.23. The molecule has 112 valence electrons. The number of nitrogens with zero attached hydrogens (tertiary/aromatic N) is 2. The Balaban J connectivity index is 1.79. The second-order valence-electron chi connectivity index (χ2n) is 5.90. The second-order valence-corrected chi connectivity index (χ2v) is 5.90. The van der Waals surface area contributed by atoms with E-state index in [4.69, 9.17) is 0 Å². The fourth-order valence-electron chi connectivity index (χ4n) is 3.93. The molecule has 1 aromatic rings. The maximum atomic E-state index is 14.0. The number of carbonyl (C=O) groups excluding carboxylic acids is 2. The number of anilines is 1. The molecule has 7 heteroatoms. The van der Waals surface area contributed by atoms with E-state index in [1.54, 1.807) is 0 Å². The Morgan fingerprint density at radius 2 is 1.73 bits per heavy atom. The maximum Gasteiger partial charge on any atom is 0.271 e. The van der Waals surface area contributed by atoms with Gasteiger partial charge in [0.2, 0.25) is 11.8 Å². The monoisotopic (exact) mass is 302 g/mol. The van der Waals surface area contributed by atoms with Crippen LogP contribution in [0.25, 0.3) is 0 Å². The number of rotatable bonds is 2. The van der Waals surface area contributed by atoms with Gasteiger partial charge in [0.05, 0.1) is 22.4 Å². The number of non-ortho nitro benzene ring substituents is 1. The molecular formula is C15H11FN2O4. The van der Waals surface area contributed by atoms with Crippen molar-refractivity contribution in [3.8, 4) is 0 Å². The summed E-state index contributed by atoms with van der Waals surface area (Å²) in [6.45, 7) is 0. The number of fused-ring (bicyclic) bond motifs is 5. The first-order valence-corrected chi connectivity index (χ1v) is 6.99. The van der Waals surface area contributed by atoms with Crippen LogP contribution >= 0.6 is 0 Å². The third kappa shape index (κ3) is 1.53. The van der Waals surface area contributed by atoms with Crippen LogP contribution in [-0.2, 0) is 9.59 Å². The van der Waals surface area contributed by atoms with Gasteiger partial charge in [0.25, 0.3) is 5.69 Å². The van der Waals surface area contributed by atoms with Crippen LogP contribution in [0, 0.1) is 39.6 Å². The number of hydrogen-bond acceptors (Lipinski definition) is 4. The number of allylic oxidation sites excluding steroid dienone is 2. The number of carbonyl (C=O) groups is 2. The first kappa shape index (κ1) is 13.1. The Hall–Kier alpha value is -2.57. The third-order valence-electron chi connectivity index (χ3n) is 4.85. The Bertz CT molecular complexity index is 730. The Kier molecular flexibility index (Phi) is 2.52. The first-order valence-electron chi connectivity index (χ1n) is 6.99. The topological polar surface area (TPSA) is 80.5 Å². The van der Waals surface area contributed by atoms with E-state index in [0.717, 1.165) is 29.5 Å². The van der Waals surface area contributed by atoms with Crippen LogP contribution in [-0.4, -0.2) is 16.7 Å². The largest absolute Gasteiger partial charge is 0.274 e. The summed E-state index contributed by atoms with van der Waals surface area (Å²) in [5.74, 6) is -2.61. The number of halogens is 1. The molecule has 6 nitrogen and oxygen atoms in total. The fourth-order valence-corrected chi connectivity index (χ4v) is 3.93. The quantitative estimate of drug-likeness (QED) is 0.362. The molecule has 0 aromatic heterocycles. The molecule has 0 unspecified atom stereocenters. The number of amides is 2. The van der Waals surface area contributed by atoms with Gasteiger partial charge in [0, 0.05) is 12.1 Å². The predicted molar refractivity (Wildman–Crippen MR) is 73.3 cm³/mol. The normalized spacial score (nSPS) is 32.0. The van der Waals surface area contributed by atoms with E-state index in [1.165, 1.54) is 0 Å². The van der Waals surface area contributed by atoms with E-state index >= 15 is 0 Å². The van der Waals surface area contributed by atoms with Crippen LogP contribution < -0.4 is 4.90 Å². The number of nitro benzene ring substituents is 1. The molecule has 2 aliphatic carbocycles. The van der Waals surface area contributed by atoms with Crippen LogP contribution in [0.3, 0.4) is 0 Å². The van der Waals surface area contributed by atoms with Crippen LogP contribution in [0.2, 0.25) is 0 Å². The molecule has 4 rings (SSSR count). The molecule has 2 amide bonds. The lowest BCUT2D eigenvalue weighted by Gasteiger charge is -2.17. The molecule has 0 N–H and O–H groups in total. The highest BCUT2D eigenvalue weighted by Gasteiger charge is 2.60. The molecule has 0 radical (unpaired) electrons. The summed E-state index contributed by atoms with van der Waals surface area (Å²) < 4.78 is 14.0. The zero-order valence-electron chi connectivity index (χ0n) is 11.3. The lowest BCUT2D eigenvalue weighted by molar-refractivity contribution is -0.384. The van der Waals surface area contributed by atoms with E-state index in [2.05, 4.69) is 0 Å². The van der Waals surface area contributed by atoms with Gasteiger partial charge in [-0.2, -0.15) is 0 Å². The number of benzene rings is 1. The van der Waals surface area contributed by atoms with Crippen molar-refractivity contribution < 1.29 is 18.9 Å². The predicted octanol–water partition coefficient (Wildman–Crippen LogP) is 2.05. The third-order valence-corrected chi connectivity index (χ3v) is 4.85. The van der Waals surface area contributed by atoms with Gasteiger partial charge in [-0.3, -0.25) is 19.7 Å². The second kappa shape index (κ2) is 4.22. The van der Waals surface area contributed by atoms with E-state index in [9.17, 15) is 24.1 Å². The minimum Gasteiger partial charge on any atom is -0.274 e. The lowest BCUT2D eigenvalue weighted by atomic mass is 9.85. The van der Waals surface area contributed by atoms with Crippen LogP contribution in [0.5, 0.6) is 0 Å². The maximum absolute atomic E-state index is 14.0. The van der Waals surface area contributed by atoms with Crippen LogP contribution in [0.15, 0.2) is 30.4 Å². The van der Waals surface area contributed by atoms with E-state index in [-0.39, 0.29) is 23.2 Å². The molecule has 1 aromatic carbocycles. The molecule has 1 saturated carbocycles. The van der Waals surface area contributed by atoms with Crippen molar-refractivity contribution in [2.45, 2.75) is 6.42 Å². The standard InChI is InChI=1S/C15H11FN2O4/c16-10-4-3-9(18(21)22)6-11(10)17-14(19)12-7-1-2-8(5-7)13(12)15(17)20/h1-4,6-8,12-13H,5H2/t7-,8-,12-,13+/m0/s1. The highest BCUT2D eigenvalue weighted by Crippen LogP contribution is 2.53. The number of hydrogen-bond donors (Lipinski definition) is 0. The molecule has 3 aliphatic rings. The summed E-state index contributed by atoms with van der Waals surface area (Å²) in [5, 5.41) is 10.8.